The molecule has 1 aliphatic rings. The molecule has 178 valence electrons. The number of fused-ring (bicyclic) bond motifs is 1. The molecule has 2 amide bonds. The molecule has 0 bridgehead atoms. The van der Waals surface area contributed by atoms with Crippen LogP contribution < -0.4 is 5.32 Å². The summed E-state index contributed by atoms with van der Waals surface area (Å²) in [6.07, 6.45) is 2.35. The van der Waals surface area contributed by atoms with Crippen molar-refractivity contribution in [2.75, 3.05) is 19.6 Å². The van der Waals surface area contributed by atoms with Gasteiger partial charge in [-0.2, -0.15) is 5.10 Å². The lowest BCUT2D eigenvalue weighted by Crippen LogP contribution is -2.40. The van der Waals surface area contributed by atoms with Crippen LogP contribution in [0.15, 0.2) is 61.2 Å². The number of urea groups is 1. The van der Waals surface area contributed by atoms with E-state index < -0.39 is 11.6 Å². The minimum Gasteiger partial charge on any atom is -0.335 e. The zero-order valence-electron chi connectivity index (χ0n) is 19.3. The Morgan fingerprint density at radius 2 is 2.03 bits per heavy atom. The normalized spacial score (nSPS) is 13.4. The molecule has 2 aromatic carbocycles. The molecule has 2 heterocycles. The summed E-state index contributed by atoms with van der Waals surface area (Å²) in [5, 5.41) is 7.72. The second-order valence-corrected chi connectivity index (χ2v) is 8.30. The highest BCUT2D eigenvalue weighted by molar-refractivity contribution is 5.74. The van der Waals surface area contributed by atoms with E-state index in [1.54, 1.807) is 11.0 Å². The van der Waals surface area contributed by atoms with E-state index in [1.807, 2.05) is 41.9 Å². The van der Waals surface area contributed by atoms with Gasteiger partial charge in [0, 0.05) is 50.3 Å². The number of amides is 2. The highest BCUT2D eigenvalue weighted by Crippen LogP contribution is 2.28. The summed E-state index contributed by atoms with van der Waals surface area (Å²) < 4.78 is 29.9. The van der Waals surface area contributed by atoms with Crippen molar-refractivity contribution in [3.8, 4) is 5.69 Å². The van der Waals surface area contributed by atoms with Gasteiger partial charge in [-0.15, -0.1) is 6.58 Å². The van der Waals surface area contributed by atoms with Crippen molar-refractivity contribution in [2.24, 2.45) is 0 Å². The van der Waals surface area contributed by atoms with Crippen LogP contribution in [0.5, 0.6) is 0 Å². The first-order chi connectivity index (χ1) is 16.5. The Bertz CT molecular complexity index is 1160. The molecule has 1 aliphatic heterocycles. The predicted molar refractivity (Wildman–Crippen MR) is 127 cm³/mol. The topological polar surface area (TPSA) is 53.4 Å². The van der Waals surface area contributed by atoms with E-state index in [2.05, 4.69) is 16.8 Å². The van der Waals surface area contributed by atoms with Gasteiger partial charge in [-0.05, 0) is 37.3 Å². The van der Waals surface area contributed by atoms with E-state index in [9.17, 15) is 13.6 Å². The standard InChI is InChI=1S/C26H29F2N5O/c1-3-13-29-26(34)32(4-2)18-24-22-17-31(16-19-15-20(27)10-11-23(19)28)14-12-25(22)33(30-24)21-8-6-5-7-9-21/h3,5-11,15H,1,4,12-14,16-18H2,2H3,(H,29,34). The van der Waals surface area contributed by atoms with Crippen LogP contribution in [0.3, 0.4) is 0 Å². The van der Waals surface area contributed by atoms with Crippen LogP contribution in [0.1, 0.15) is 29.4 Å². The number of carbonyl (C=O) groups is 1. The van der Waals surface area contributed by atoms with Gasteiger partial charge in [0.25, 0.3) is 0 Å². The average Bonchev–Trinajstić information content (AvgIpc) is 3.21. The fraction of sp³-hybridized carbons (Fsp3) is 0.308. The Kier molecular flexibility index (Phi) is 7.37. The van der Waals surface area contributed by atoms with Gasteiger partial charge in [-0.3, -0.25) is 4.90 Å². The number of nitrogens with zero attached hydrogens (tertiary/aromatic N) is 4. The fourth-order valence-corrected chi connectivity index (χ4v) is 4.27. The molecule has 0 saturated carbocycles. The molecular formula is C26H29F2N5O. The molecule has 0 atom stereocenters. The van der Waals surface area contributed by atoms with Gasteiger partial charge < -0.3 is 10.2 Å². The Labute approximate surface area is 198 Å². The maximum absolute atomic E-state index is 14.3. The molecule has 0 fully saturated rings. The number of rotatable bonds is 8. The summed E-state index contributed by atoms with van der Waals surface area (Å²) in [4.78, 5) is 16.4. The summed E-state index contributed by atoms with van der Waals surface area (Å²) in [5.74, 6) is -0.862. The van der Waals surface area contributed by atoms with E-state index in [1.165, 1.54) is 12.1 Å². The maximum atomic E-state index is 14.3. The maximum Gasteiger partial charge on any atom is 0.317 e. The summed E-state index contributed by atoms with van der Waals surface area (Å²) in [5.41, 5.74) is 4.20. The number of hydrogen-bond donors (Lipinski definition) is 1. The molecule has 0 aliphatic carbocycles. The van der Waals surface area contributed by atoms with E-state index in [0.29, 0.717) is 51.3 Å². The van der Waals surface area contributed by atoms with Crippen molar-refractivity contribution in [3.63, 3.8) is 0 Å². The van der Waals surface area contributed by atoms with Gasteiger partial charge in [-0.1, -0.05) is 24.3 Å². The average molecular weight is 466 g/mol. The van der Waals surface area contributed by atoms with Crippen LogP contribution in [0.2, 0.25) is 0 Å². The van der Waals surface area contributed by atoms with Crippen LogP contribution in [-0.2, 0) is 26.1 Å². The molecule has 8 heteroatoms. The number of benzene rings is 2. The fourth-order valence-electron chi connectivity index (χ4n) is 4.27. The number of hydrogen-bond acceptors (Lipinski definition) is 3. The zero-order valence-corrected chi connectivity index (χ0v) is 19.3. The third-order valence-corrected chi connectivity index (χ3v) is 6.03. The largest absolute Gasteiger partial charge is 0.335 e. The number of para-hydroxylation sites is 1. The number of carbonyl (C=O) groups excluding carboxylic acids is 1. The van der Waals surface area contributed by atoms with Gasteiger partial charge in [0.1, 0.15) is 11.6 Å². The van der Waals surface area contributed by atoms with Gasteiger partial charge >= 0.3 is 6.03 Å². The first-order valence-corrected chi connectivity index (χ1v) is 11.4. The van der Waals surface area contributed by atoms with Crippen LogP contribution in [-0.4, -0.2) is 45.2 Å². The van der Waals surface area contributed by atoms with Crippen molar-refractivity contribution < 1.29 is 13.6 Å². The van der Waals surface area contributed by atoms with Crippen LogP contribution >= 0.6 is 0 Å². The van der Waals surface area contributed by atoms with Crippen molar-refractivity contribution in [3.05, 3.63) is 95.3 Å². The zero-order chi connectivity index (χ0) is 24.1. The third-order valence-electron chi connectivity index (χ3n) is 6.03. The molecule has 1 N–H and O–H groups in total. The minimum atomic E-state index is -0.448. The number of nitrogens with one attached hydrogen (secondary N) is 1. The van der Waals surface area contributed by atoms with Crippen molar-refractivity contribution in [1.82, 2.24) is 24.9 Å². The Balaban J connectivity index is 1.64. The molecule has 6 nitrogen and oxygen atoms in total. The van der Waals surface area contributed by atoms with E-state index in [-0.39, 0.29) is 6.03 Å². The van der Waals surface area contributed by atoms with Gasteiger partial charge in [-0.25, -0.2) is 18.3 Å². The van der Waals surface area contributed by atoms with Gasteiger partial charge in [0.15, 0.2) is 0 Å². The van der Waals surface area contributed by atoms with E-state index in [0.717, 1.165) is 28.7 Å². The number of halogens is 2. The van der Waals surface area contributed by atoms with Gasteiger partial charge in [0.05, 0.1) is 23.6 Å². The van der Waals surface area contributed by atoms with Crippen molar-refractivity contribution >= 4 is 6.03 Å². The van der Waals surface area contributed by atoms with Crippen molar-refractivity contribution in [1.29, 1.82) is 0 Å². The Morgan fingerprint density at radius 1 is 1.24 bits per heavy atom. The molecule has 0 unspecified atom stereocenters. The molecule has 3 aromatic rings. The second kappa shape index (κ2) is 10.6. The predicted octanol–water partition coefficient (Wildman–Crippen LogP) is 4.43. The highest BCUT2D eigenvalue weighted by atomic mass is 19.1. The SMILES string of the molecule is C=CCNC(=O)N(CC)Cc1nn(-c2ccccc2)c2c1CN(Cc1cc(F)ccc1F)CC2. The first kappa shape index (κ1) is 23.6. The molecule has 0 saturated heterocycles. The number of aromatic nitrogens is 2. The molecule has 1 aromatic heterocycles. The van der Waals surface area contributed by atoms with Crippen LogP contribution in [0, 0.1) is 11.6 Å². The highest BCUT2D eigenvalue weighted by Gasteiger charge is 2.27. The lowest BCUT2D eigenvalue weighted by molar-refractivity contribution is 0.197. The summed E-state index contributed by atoms with van der Waals surface area (Å²) >= 11 is 0. The summed E-state index contributed by atoms with van der Waals surface area (Å²) in [7, 11) is 0. The first-order valence-electron chi connectivity index (χ1n) is 11.4. The quantitative estimate of drug-likeness (QED) is 0.501. The molecule has 0 spiro atoms. The van der Waals surface area contributed by atoms with Gasteiger partial charge in [0.2, 0.25) is 0 Å². The van der Waals surface area contributed by atoms with Crippen LogP contribution in [0.25, 0.3) is 5.69 Å². The van der Waals surface area contributed by atoms with E-state index in [4.69, 9.17) is 5.10 Å². The smallest absolute Gasteiger partial charge is 0.317 e. The molecule has 0 radical (unpaired) electrons. The van der Waals surface area contributed by atoms with E-state index >= 15 is 0 Å². The molecular weight excluding hydrogens is 436 g/mol. The third kappa shape index (κ3) is 5.17. The Morgan fingerprint density at radius 3 is 2.76 bits per heavy atom. The Hall–Kier alpha value is -3.52. The lowest BCUT2D eigenvalue weighted by atomic mass is 10.0. The lowest BCUT2D eigenvalue weighted by Gasteiger charge is -2.28. The second-order valence-electron chi connectivity index (χ2n) is 8.30. The van der Waals surface area contributed by atoms with Crippen molar-refractivity contribution in [2.45, 2.75) is 33.0 Å². The summed E-state index contributed by atoms with van der Waals surface area (Å²) in [6.45, 7) is 8.37. The summed E-state index contributed by atoms with van der Waals surface area (Å²) in [6, 6.07) is 13.3. The van der Waals surface area contributed by atoms with Crippen LogP contribution in [0.4, 0.5) is 13.6 Å². The molecule has 4 rings (SSSR count). The monoisotopic (exact) mass is 465 g/mol. The molecule has 34 heavy (non-hydrogen) atoms. The minimum absolute atomic E-state index is 0.181.